The van der Waals surface area contributed by atoms with Crippen molar-refractivity contribution in [2.24, 2.45) is 0 Å². The van der Waals surface area contributed by atoms with Gasteiger partial charge < -0.3 is 15.5 Å². The SMILES string of the molecule is O=C1CNC(N2Cc3cc(CNC(=O)Nc4ccccc4Cl)ccc3C2=O)C(=O)N1. The number of hydrogen-bond acceptors (Lipinski definition) is 5. The number of urea groups is 1. The molecule has 0 saturated carbocycles. The Labute approximate surface area is 176 Å². The minimum Gasteiger partial charge on any atom is -0.334 e. The molecule has 2 heterocycles. The van der Waals surface area contributed by atoms with Crippen molar-refractivity contribution in [1.82, 2.24) is 20.9 Å². The Balaban J connectivity index is 1.39. The number of benzene rings is 2. The molecule has 0 radical (unpaired) electrons. The van der Waals surface area contributed by atoms with Gasteiger partial charge in [-0.15, -0.1) is 0 Å². The highest BCUT2D eigenvalue weighted by molar-refractivity contribution is 6.33. The highest BCUT2D eigenvalue weighted by Gasteiger charge is 2.38. The molecule has 30 heavy (non-hydrogen) atoms. The van der Waals surface area contributed by atoms with Crippen LogP contribution in [-0.4, -0.2) is 41.4 Å². The highest BCUT2D eigenvalue weighted by atomic mass is 35.5. The lowest BCUT2D eigenvalue weighted by molar-refractivity contribution is -0.137. The molecule has 1 saturated heterocycles. The smallest absolute Gasteiger partial charge is 0.319 e. The summed E-state index contributed by atoms with van der Waals surface area (Å²) in [5.41, 5.74) is 2.54. The summed E-state index contributed by atoms with van der Waals surface area (Å²) < 4.78 is 0. The molecule has 9 nitrogen and oxygen atoms in total. The summed E-state index contributed by atoms with van der Waals surface area (Å²) in [5, 5.41) is 10.9. The van der Waals surface area contributed by atoms with Crippen molar-refractivity contribution in [3.63, 3.8) is 0 Å². The van der Waals surface area contributed by atoms with E-state index in [4.69, 9.17) is 11.6 Å². The Hall–Kier alpha value is -3.43. The summed E-state index contributed by atoms with van der Waals surface area (Å²) in [7, 11) is 0. The largest absolute Gasteiger partial charge is 0.334 e. The summed E-state index contributed by atoms with van der Waals surface area (Å²) in [4.78, 5) is 49.5. The second kappa shape index (κ2) is 8.13. The molecular formula is C20H18ClN5O4. The Morgan fingerprint density at radius 1 is 1.17 bits per heavy atom. The number of rotatable bonds is 4. The Morgan fingerprint density at radius 3 is 2.73 bits per heavy atom. The van der Waals surface area contributed by atoms with Crippen LogP contribution in [0.25, 0.3) is 0 Å². The maximum Gasteiger partial charge on any atom is 0.319 e. The second-order valence-corrected chi connectivity index (χ2v) is 7.32. The van der Waals surface area contributed by atoms with Crippen LogP contribution in [0.2, 0.25) is 5.02 Å². The van der Waals surface area contributed by atoms with Crippen LogP contribution in [0.5, 0.6) is 0 Å². The third kappa shape index (κ3) is 3.98. The fraction of sp³-hybridized carbons (Fsp3) is 0.200. The first-order chi connectivity index (χ1) is 14.4. The zero-order chi connectivity index (χ0) is 21.3. The molecule has 1 unspecified atom stereocenters. The molecule has 0 bridgehead atoms. The van der Waals surface area contributed by atoms with Gasteiger partial charge in [-0.05, 0) is 29.3 Å². The van der Waals surface area contributed by atoms with Crippen LogP contribution in [0.3, 0.4) is 0 Å². The number of amides is 5. The van der Waals surface area contributed by atoms with Crippen molar-refractivity contribution in [1.29, 1.82) is 0 Å². The first-order valence-corrected chi connectivity index (χ1v) is 9.59. The van der Waals surface area contributed by atoms with Crippen LogP contribution < -0.4 is 21.3 Å². The van der Waals surface area contributed by atoms with Gasteiger partial charge in [0.15, 0.2) is 6.17 Å². The maximum absolute atomic E-state index is 12.7. The van der Waals surface area contributed by atoms with Gasteiger partial charge in [-0.2, -0.15) is 0 Å². The van der Waals surface area contributed by atoms with Crippen molar-refractivity contribution in [2.45, 2.75) is 19.3 Å². The molecule has 154 valence electrons. The van der Waals surface area contributed by atoms with E-state index in [9.17, 15) is 19.2 Å². The van der Waals surface area contributed by atoms with Gasteiger partial charge in [-0.3, -0.25) is 25.0 Å². The van der Waals surface area contributed by atoms with Gasteiger partial charge in [0.1, 0.15) is 0 Å². The van der Waals surface area contributed by atoms with Crippen molar-refractivity contribution in [3.05, 3.63) is 64.2 Å². The van der Waals surface area contributed by atoms with E-state index >= 15 is 0 Å². The number of carbonyl (C=O) groups is 4. The number of nitrogens with one attached hydrogen (secondary N) is 4. The Bertz CT molecular complexity index is 1060. The van der Waals surface area contributed by atoms with Gasteiger partial charge in [0, 0.05) is 18.7 Å². The molecule has 0 spiro atoms. The molecule has 1 fully saturated rings. The Kier molecular flexibility index (Phi) is 5.39. The summed E-state index contributed by atoms with van der Waals surface area (Å²) >= 11 is 6.03. The van der Waals surface area contributed by atoms with E-state index in [-0.39, 0.29) is 25.5 Å². The number of halogens is 1. The van der Waals surface area contributed by atoms with Crippen molar-refractivity contribution in [3.8, 4) is 0 Å². The summed E-state index contributed by atoms with van der Waals surface area (Å²) in [6.45, 7) is 0.438. The first kappa shape index (κ1) is 19.9. The van der Waals surface area contributed by atoms with Gasteiger partial charge >= 0.3 is 6.03 Å². The number of para-hydroxylation sites is 1. The zero-order valence-electron chi connectivity index (χ0n) is 15.7. The zero-order valence-corrected chi connectivity index (χ0v) is 16.5. The van der Waals surface area contributed by atoms with E-state index in [1.165, 1.54) is 4.90 Å². The molecule has 2 aliphatic heterocycles. The normalized spacial score (nSPS) is 18.1. The van der Waals surface area contributed by atoms with Crippen LogP contribution in [0.4, 0.5) is 10.5 Å². The van der Waals surface area contributed by atoms with Crippen LogP contribution in [0, 0.1) is 0 Å². The van der Waals surface area contributed by atoms with Gasteiger partial charge in [-0.25, -0.2) is 4.79 Å². The van der Waals surface area contributed by atoms with E-state index in [0.29, 0.717) is 16.3 Å². The highest BCUT2D eigenvalue weighted by Crippen LogP contribution is 2.26. The third-order valence-corrected chi connectivity index (χ3v) is 5.18. The van der Waals surface area contributed by atoms with Gasteiger partial charge in [0.25, 0.3) is 11.8 Å². The van der Waals surface area contributed by atoms with E-state index in [2.05, 4.69) is 21.3 Å². The van der Waals surface area contributed by atoms with E-state index in [1.807, 2.05) is 6.07 Å². The summed E-state index contributed by atoms with van der Waals surface area (Å²) in [5.74, 6) is -1.27. The molecule has 10 heteroatoms. The molecule has 2 aliphatic rings. The predicted octanol–water partition coefficient (Wildman–Crippen LogP) is 1.19. The van der Waals surface area contributed by atoms with E-state index in [1.54, 1.807) is 36.4 Å². The number of piperazine rings is 1. The van der Waals surface area contributed by atoms with Gasteiger partial charge in [0.2, 0.25) is 5.91 Å². The lowest BCUT2D eigenvalue weighted by atomic mass is 10.1. The molecule has 2 aromatic rings. The number of fused-ring (bicyclic) bond motifs is 1. The number of hydrogen-bond donors (Lipinski definition) is 4. The van der Waals surface area contributed by atoms with Gasteiger partial charge in [-0.1, -0.05) is 35.9 Å². The fourth-order valence-corrected chi connectivity index (χ4v) is 3.59. The number of nitrogens with zero attached hydrogens (tertiary/aromatic N) is 1. The quantitative estimate of drug-likeness (QED) is 0.546. The van der Waals surface area contributed by atoms with Crippen LogP contribution >= 0.6 is 11.6 Å². The predicted molar refractivity (Wildman–Crippen MR) is 109 cm³/mol. The monoisotopic (exact) mass is 427 g/mol. The van der Waals surface area contributed by atoms with Crippen molar-refractivity contribution >= 4 is 41.0 Å². The molecule has 0 aliphatic carbocycles. The Morgan fingerprint density at radius 2 is 1.97 bits per heavy atom. The van der Waals surface area contributed by atoms with Crippen molar-refractivity contribution in [2.75, 3.05) is 11.9 Å². The topological polar surface area (TPSA) is 120 Å². The lowest BCUT2D eigenvalue weighted by Gasteiger charge is -2.30. The van der Waals surface area contributed by atoms with Gasteiger partial charge in [0.05, 0.1) is 17.3 Å². The molecule has 4 N–H and O–H groups in total. The standard InChI is InChI=1S/C20H18ClN5O4/c21-14-3-1-2-4-15(14)24-20(30)23-8-11-5-6-13-12(7-11)10-26(19(13)29)17-18(28)25-16(27)9-22-17/h1-7,17,22H,8-10H2,(H2,23,24,30)(H,25,27,28). The average molecular weight is 428 g/mol. The van der Waals surface area contributed by atoms with Crippen LogP contribution in [0.15, 0.2) is 42.5 Å². The number of carbonyl (C=O) groups excluding carboxylic acids is 4. The lowest BCUT2D eigenvalue weighted by Crippen LogP contribution is -2.62. The summed E-state index contributed by atoms with van der Waals surface area (Å²) in [6, 6.07) is 11.7. The molecule has 0 aromatic heterocycles. The molecule has 5 amide bonds. The maximum atomic E-state index is 12.7. The van der Waals surface area contributed by atoms with Crippen LogP contribution in [0.1, 0.15) is 21.5 Å². The minimum absolute atomic E-state index is 0.0355. The minimum atomic E-state index is -0.898. The van der Waals surface area contributed by atoms with Crippen LogP contribution in [-0.2, 0) is 22.7 Å². The average Bonchev–Trinajstić information content (AvgIpc) is 3.04. The molecule has 4 rings (SSSR count). The number of imide groups is 1. The second-order valence-electron chi connectivity index (χ2n) is 6.91. The summed E-state index contributed by atoms with van der Waals surface area (Å²) in [6.07, 6.45) is -0.898. The third-order valence-electron chi connectivity index (χ3n) is 4.86. The molecule has 2 aromatic carbocycles. The number of anilines is 1. The van der Waals surface area contributed by atoms with E-state index < -0.39 is 24.0 Å². The van der Waals surface area contributed by atoms with E-state index in [0.717, 1.165) is 11.1 Å². The molecule has 1 atom stereocenters. The first-order valence-electron chi connectivity index (χ1n) is 9.21. The fourth-order valence-electron chi connectivity index (χ4n) is 3.41. The van der Waals surface area contributed by atoms with Crippen molar-refractivity contribution < 1.29 is 19.2 Å². The molecular weight excluding hydrogens is 410 g/mol.